The van der Waals surface area contributed by atoms with Gasteiger partial charge in [-0.25, -0.2) is 0 Å². The van der Waals surface area contributed by atoms with E-state index in [1.54, 1.807) is 11.8 Å². The molecule has 0 unspecified atom stereocenters. The Kier molecular flexibility index (Phi) is 6.19. The van der Waals surface area contributed by atoms with E-state index in [9.17, 15) is 4.79 Å². The zero-order valence-electron chi connectivity index (χ0n) is 13.2. The second-order valence-corrected chi connectivity index (χ2v) is 6.67. The summed E-state index contributed by atoms with van der Waals surface area (Å²) in [5, 5.41) is 10.9. The van der Waals surface area contributed by atoms with Crippen molar-refractivity contribution >= 4 is 41.0 Å². The molecule has 1 aliphatic heterocycles. The number of rotatable bonds is 7. The Balaban J connectivity index is 1.40. The minimum atomic E-state index is -0.179. The van der Waals surface area contributed by atoms with Gasteiger partial charge in [-0.3, -0.25) is 10.1 Å². The first-order chi connectivity index (χ1) is 12.2. The van der Waals surface area contributed by atoms with Crippen LogP contribution in [0.5, 0.6) is 0 Å². The highest BCUT2D eigenvalue weighted by Gasteiger charge is 2.17. The van der Waals surface area contributed by atoms with E-state index in [4.69, 9.17) is 25.5 Å². The van der Waals surface area contributed by atoms with Crippen molar-refractivity contribution in [2.45, 2.75) is 17.7 Å². The minimum Gasteiger partial charge on any atom is -0.494 e. The summed E-state index contributed by atoms with van der Waals surface area (Å²) in [5.74, 6) is 1.18. The summed E-state index contributed by atoms with van der Waals surface area (Å²) in [6.07, 6.45) is 2.50. The average molecular weight is 382 g/mol. The van der Waals surface area contributed by atoms with Crippen molar-refractivity contribution < 1.29 is 18.7 Å². The van der Waals surface area contributed by atoms with Gasteiger partial charge in [-0.15, -0.1) is 16.9 Å². The van der Waals surface area contributed by atoms with Crippen LogP contribution in [0.25, 0.3) is 5.76 Å². The Hall–Kier alpha value is -2.19. The van der Waals surface area contributed by atoms with E-state index in [1.165, 1.54) is 6.26 Å². The average Bonchev–Trinajstić information content (AvgIpc) is 3.09. The second kappa shape index (κ2) is 8.77. The number of amides is 1. The molecule has 1 amide bonds. The molecule has 3 rings (SSSR count). The largest absolute Gasteiger partial charge is 0.494 e. The first-order valence-electron chi connectivity index (χ1n) is 7.67. The number of nitrogens with zero attached hydrogens (tertiary/aromatic N) is 2. The zero-order valence-corrected chi connectivity index (χ0v) is 14.8. The second-order valence-electron chi connectivity index (χ2n) is 5.07. The van der Waals surface area contributed by atoms with Crippen molar-refractivity contribution in [1.82, 2.24) is 10.2 Å². The summed E-state index contributed by atoms with van der Waals surface area (Å²) in [6, 6.07) is 7.65. The number of hydrogen-bond donors (Lipinski definition) is 1. The first-order valence-corrected chi connectivity index (χ1v) is 9.04. The molecular formula is C16H16ClN3O4S. The van der Waals surface area contributed by atoms with E-state index in [-0.39, 0.29) is 17.8 Å². The van der Waals surface area contributed by atoms with Crippen LogP contribution in [0.15, 0.2) is 39.8 Å². The summed E-state index contributed by atoms with van der Waals surface area (Å²) >= 11 is 7.51. The number of carbonyl (C=O) groups is 1. The van der Waals surface area contributed by atoms with E-state index in [2.05, 4.69) is 15.5 Å². The van der Waals surface area contributed by atoms with Crippen molar-refractivity contribution in [3.63, 3.8) is 0 Å². The lowest BCUT2D eigenvalue weighted by atomic mass is 10.3. The summed E-state index contributed by atoms with van der Waals surface area (Å²) in [4.78, 5) is 13.0. The lowest BCUT2D eigenvalue weighted by Gasteiger charge is -2.11. The van der Waals surface area contributed by atoms with Crippen LogP contribution >= 0.6 is 23.4 Å². The quantitative estimate of drug-likeness (QED) is 0.579. The number of nitrogens with one attached hydrogen (secondary N) is 1. The fourth-order valence-electron chi connectivity index (χ4n) is 1.99. The van der Waals surface area contributed by atoms with E-state index >= 15 is 0 Å². The summed E-state index contributed by atoms with van der Waals surface area (Å²) < 4.78 is 15.8. The Bertz CT molecular complexity index is 748. The van der Waals surface area contributed by atoms with Crippen LogP contribution in [0.4, 0.5) is 6.01 Å². The maximum atomic E-state index is 11.9. The molecule has 2 aromatic rings. The number of benzene rings is 1. The van der Waals surface area contributed by atoms with E-state index in [1.807, 2.05) is 24.3 Å². The smallest absolute Gasteiger partial charge is 0.322 e. The number of carbonyl (C=O) groups excluding carboxylic acids is 1. The molecule has 2 heterocycles. The highest BCUT2D eigenvalue weighted by atomic mass is 35.5. The fraction of sp³-hybridized carbons (Fsp3) is 0.312. The topological polar surface area (TPSA) is 86.5 Å². The Morgan fingerprint density at radius 2 is 2.08 bits per heavy atom. The Morgan fingerprint density at radius 1 is 1.24 bits per heavy atom. The molecule has 0 bridgehead atoms. The van der Waals surface area contributed by atoms with Crippen LogP contribution in [0.1, 0.15) is 18.7 Å². The SMILES string of the molecule is O=C(CCCSc1ccc(Cl)cc1)Nc1nnc(C2=COCCO2)o1. The molecule has 0 aliphatic carbocycles. The van der Waals surface area contributed by atoms with Gasteiger partial charge in [0.1, 0.15) is 19.5 Å². The number of anilines is 1. The lowest BCUT2D eigenvalue weighted by molar-refractivity contribution is -0.116. The van der Waals surface area contributed by atoms with Gasteiger partial charge < -0.3 is 13.9 Å². The molecule has 7 nitrogen and oxygen atoms in total. The molecule has 0 spiro atoms. The first kappa shape index (κ1) is 17.6. The lowest BCUT2D eigenvalue weighted by Crippen LogP contribution is -2.11. The summed E-state index contributed by atoms with van der Waals surface area (Å²) in [6.45, 7) is 0.899. The third-order valence-electron chi connectivity index (χ3n) is 3.16. The van der Waals surface area contributed by atoms with Gasteiger partial charge in [-0.1, -0.05) is 16.7 Å². The van der Waals surface area contributed by atoms with E-state index in [0.717, 1.165) is 17.1 Å². The van der Waals surface area contributed by atoms with Gasteiger partial charge in [-0.2, -0.15) is 0 Å². The molecule has 0 saturated heterocycles. The van der Waals surface area contributed by atoms with Gasteiger partial charge in [0.05, 0.1) is 0 Å². The van der Waals surface area contributed by atoms with Gasteiger partial charge in [0, 0.05) is 16.3 Å². The van der Waals surface area contributed by atoms with Crippen molar-refractivity contribution in [1.29, 1.82) is 0 Å². The molecular weight excluding hydrogens is 366 g/mol. The van der Waals surface area contributed by atoms with Crippen molar-refractivity contribution in [2.75, 3.05) is 24.3 Å². The van der Waals surface area contributed by atoms with E-state index in [0.29, 0.717) is 30.4 Å². The number of halogens is 1. The van der Waals surface area contributed by atoms with Crippen LogP contribution in [0.2, 0.25) is 5.02 Å². The van der Waals surface area contributed by atoms with Gasteiger partial charge in [0.2, 0.25) is 11.7 Å². The maximum Gasteiger partial charge on any atom is 0.322 e. The van der Waals surface area contributed by atoms with Crippen LogP contribution in [-0.2, 0) is 14.3 Å². The highest BCUT2D eigenvalue weighted by Crippen LogP contribution is 2.22. The Labute approximate surface area is 153 Å². The predicted molar refractivity (Wildman–Crippen MR) is 94.2 cm³/mol. The van der Waals surface area contributed by atoms with Gasteiger partial charge in [0.15, 0.2) is 0 Å². The van der Waals surface area contributed by atoms with Crippen LogP contribution in [0, 0.1) is 0 Å². The molecule has 9 heteroatoms. The van der Waals surface area contributed by atoms with Crippen molar-refractivity contribution in [2.24, 2.45) is 0 Å². The van der Waals surface area contributed by atoms with E-state index < -0.39 is 0 Å². The standard InChI is InChI=1S/C16H16ClN3O4S/c17-11-3-5-12(6-4-11)25-9-1-2-14(21)18-16-20-19-15(24-16)13-10-22-7-8-23-13/h3-6,10H,1-2,7-9H2,(H,18,20,21). The molecule has 0 fully saturated rings. The van der Waals surface area contributed by atoms with Gasteiger partial charge in [-0.05, 0) is 36.4 Å². The molecule has 1 aromatic carbocycles. The maximum absolute atomic E-state index is 11.9. The monoisotopic (exact) mass is 381 g/mol. The number of ether oxygens (including phenoxy) is 2. The van der Waals surface area contributed by atoms with Crippen LogP contribution in [0.3, 0.4) is 0 Å². The number of hydrogen-bond acceptors (Lipinski definition) is 7. The number of thioether (sulfide) groups is 1. The number of aromatic nitrogens is 2. The molecule has 0 atom stereocenters. The Morgan fingerprint density at radius 3 is 2.84 bits per heavy atom. The van der Waals surface area contributed by atoms with Gasteiger partial charge in [0.25, 0.3) is 5.89 Å². The third kappa shape index (κ3) is 5.40. The highest BCUT2D eigenvalue weighted by molar-refractivity contribution is 7.99. The van der Waals surface area contributed by atoms with Crippen molar-refractivity contribution in [3.8, 4) is 0 Å². The van der Waals surface area contributed by atoms with Gasteiger partial charge >= 0.3 is 6.01 Å². The third-order valence-corrected chi connectivity index (χ3v) is 4.51. The normalized spacial score (nSPS) is 13.6. The molecule has 0 saturated carbocycles. The van der Waals surface area contributed by atoms with Crippen LogP contribution < -0.4 is 5.32 Å². The predicted octanol–water partition coefficient (Wildman–Crippen LogP) is 3.58. The van der Waals surface area contributed by atoms with Crippen molar-refractivity contribution in [3.05, 3.63) is 41.4 Å². The molecule has 132 valence electrons. The summed E-state index contributed by atoms with van der Waals surface area (Å²) in [7, 11) is 0. The summed E-state index contributed by atoms with van der Waals surface area (Å²) in [5.41, 5.74) is 0. The fourth-order valence-corrected chi connectivity index (χ4v) is 2.97. The zero-order chi connectivity index (χ0) is 17.5. The molecule has 1 N–H and O–H groups in total. The molecule has 0 radical (unpaired) electrons. The molecule has 1 aliphatic rings. The van der Waals surface area contributed by atoms with Crippen LogP contribution in [-0.4, -0.2) is 35.1 Å². The minimum absolute atomic E-state index is 0.0421. The molecule has 25 heavy (non-hydrogen) atoms. The molecule has 1 aromatic heterocycles.